The highest BCUT2D eigenvalue weighted by atomic mass is 32.1. The molecule has 3 nitrogen and oxygen atoms in total. The van der Waals surface area contributed by atoms with Gasteiger partial charge in [0.15, 0.2) is 5.11 Å². The smallest absolute Gasteiger partial charge is 0.170 e. The van der Waals surface area contributed by atoms with Crippen LogP contribution in [0.5, 0.6) is 0 Å². The van der Waals surface area contributed by atoms with E-state index in [0.717, 1.165) is 17.7 Å². The summed E-state index contributed by atoms with van der Waals surface area (Å²) in [5.74, 6) is 0.231. The monoisotopic (exact) mass is 405 g/mol. The van der Waals surface area contributed by atoms with Gasteiger partial charge in [0.05, 0.1) is 0 Å². The Morgan fingerprint density at radius 3 is 2.79 bits per heavy atom. The average Bonchev–Trinajstić information content (AvgIpc) is 3.36. The van der Waals surface area contributed by atoms with Gasteiger partial charge in [0.1, 0.15) is 0 Å². The number of thiocarbonyl (C=S) groups is 1. The predicted molar refractivity (Wildman–Crippen MR) is 125 cm³/mol. The Morgan fingerprint density at radius 2 is 1.96 bits per heavy atom. The number of aromatic amines is 1. The summed E-state index contributed by atoms with van der Waals surface area (Å²) < 4.78 is 0. The van der Waals surface area contributed by atoms with Gasteiger partial charge in [-0.2, -0.15) is 0 Å². The highest BCUT2D eigenvalue weighted by Crippen LogP contribution is 2.32. The van der Waals surface area contributed by atoms with Crippen molar-refractivity contribution in [3.05, 3.63) is 87.7 Å². The Balaban J connectivity index is 1.54. The standard InChI is InChI=1S/C23H23N3S2/c1-15-9-10-16(2)21(12-15)26-23(27)25-14-19(22-8-5-11-28-22)18-13-24-20-7-4-3-6-17(18)20/h3-13,19,24H,14H2,1-2H3,(H2,25,26,27). The zero-order valence-corrected chi connectivity index (χ0v) is 17.6. The number of hydrogen-bond donors (Lipinski definition) is 3. The van der Waals surface area contributed by atoms with Gasteiger partial charge in [-0.1, -0.05) is 36.4 Å². The molecule has 0 radical (unpaired) electrons. The summed E-state index contributed by atoms with van der Waals surface area (Å²) in [6, 6.07) is 19.1. The molecule has 1 atom stereocenters. The predicted octanol–water partition coefficient (Wildman–Crippen LogP) is 5.96. The van der Waals surface area contributed by atoms with Crippen LogP contribution in [-0.4, -0.2) is 16.6 Å². The van der Waals surface area contributed by atoms with E-state index in [1.807, 2.05) is 0 Å². The lowest BCUT2D eigenvalue weighted by atomic mass is 9.97. The van der Waals surface area contributed by atoms with Crippen molar-refractivity contribution in [3.8, 4) is 0 Å². The molecule has 0 aliphatic carbocycles. The summed E-state index contributed by atoms with van der Waals surface area (Å²) in [5.41, 5.74) is 5.90. The number of H-pyrrole nitrogens is 1. The molecule has 5 heteroatoms. The second kappa shape index (κ2) is 8.17. The maximum absolute atomic E-state index is 5.59. The van der Waals surface area contributed by atoms with Crippen LogP contribution in [0.15, 0.2) is 66.2 Å². The van der Waals surface area contributed by atoms with E-state index in [2.05, 4.69) is 95.6 Å². The van der Waals surface area contributed by atoms with E-state index >= 15 is 0 Å². The van der Waals surface area contributed by atoms with E-state index in [1.165, 1.54) is 27.0 Å². The van der Waals surface area contributed by atoms with Crippen molar-refractivity contribution in [2.24, 2.45) is 0 Å². The van der Waals surface area contributed by atoms with Crippen LogP contribution in [0.25, 0.3) is 10.9 Å². The van der Waals surface area contributed by atoms with Crippen molar-refractivity contribution in [1.29, 1.82) is 0 Å². The van der Waals surface area contributed by atoms with Crippen molar-refractivity contribution >= 4 is 45.3 Å². The largest absolute Gasteiger partial charge is 0.361 e. The number of aromatic nitrogens is 1. The number of nitrogens with one attached hydrogen (secondary N) is 3. The third-order valence-corrected chi connectivity index (χ3v) is 6.22. The van der Waals surface area contributed by atoms with E-state index in [-0.39, 0.29) is 5.92 Å². The van der Waals surface area contributed by atoms with Gasteiger partial charge in [0.25, 0.3) is 0 Å². The van der Waals surface area contributed by atoms with Crippen LogP contribution < -0.4 is 10.6 Å². The second-order valence-electron chi connectivity index (χ2n) is 7.01. The van der Waals surface area contributed by atoms with E-state index in [0.29, 0.717) is 5.11 Å². The zero-order valence-electron chi connectivity index (χ0n) is 16.0. The Bertz CT molecular complexity index is 1100. The molecule has 0 saturated heterocycles. The van der Waals surface area contributed by atoms with E-state index in [4.69, 9.17) is 12.2 Å². The molecule has 0 bridgehead atoms. The number of anilines is 1. The number of rotatable bonds is 5. The van der Waals surface area contributed by atoms with Gasteiger partial charge in [-0.3, -0.25) is 0 Å². The van der Waals surface area contributed by atoms with Gasteiger partial charge < -0.3 is 15.6 Å². The maximum atomic E-state index is 5.59. The van der Waals surface area contributed by atoms with Crippen LogP contribution >= 0.6 is 23.6 Å². The van der Waals surface area contributed by atoms with Gasteiger partial charge >= 0.3 is 0 Å². The summed E-state index contributed by atoms with van der Waals surface area (Å²) in [6.45, 7) is 4.91. The first-order valence-electron chi connectivity index (χ1n) is 9.33. The lowest BCUT2D eigenvalue weighted by Crippen LogP contribution is -2.32. The minimum absolute atomic E-state index is 0.231. The van der Waals surface area contributed by atoms with Crippen molar-refractivity contribution < 1.29 is 0 Å². The van der Waals surface area contributed by atoms with Gasteiger partial charge in [-0.25, -0.2) is 0 Å². The van der Waals surface area contributed by atoms with Crippen molar-refractivity contribution in [2.75, 3.05) is 11.9 Å². The van der Waals surface area contributed by atoms with Crippen molar-refractivity contribution in [2.45, 2.75) is 19.8 Å². The topological polar surface area (TPSA) is 39.8 Å². The molecule has 2 aromatic heterocycles. The summed E-state index contributed by atoms with van der Waals surface area (Å²) in [4.78, 5) is 4.73. The van der Waals surface area contributed by atoms with Gasteiger partial charge in [-0.15, -0.1) is 11.3 Å². The Hall–Kier alpha value is -2.63. The minimum atomic E-state index is 0.231. The lowest BCUT2D eigenvalue weighted by Gasteiger charge is -2.19. The highest BCUT2D eigenvalue weighted by molar-refractivity contribution is 7.80. The molecule has 4 rings (SSSR count). The molecule has 1 unspecified atom stereocenters. The molecule has 3 N–H and O–H groups in total. The fourth-order valence-corrected chi connectivity index (χ4v) is 4.51. The van der Waals surface area contributed by atoms with Crippen molar-refractivity contribution in [3.63, 3.8) is 0 Å². The molecule has 0 aliphatic heterocycles. The molecule has 4 aromatic rings. The molecule has 28 heavy (non-hydrogen) atoms. The molecule has 0 spiro atoms. The molecule has 0 saturated carbocycles. The van der Waals surface area contributed by atoms with Crippen LogP contribution in [0, 0.1) is 13.8 Å². The normalized spacial score (nSPS) is 12.1. The molecule has 142 valence electrons. The Labute approximate surface area is 174 Å². The fraction of sp³-hybridized carbons (Fsp3) is 0.174. The molecule has 0 fully saturated rings. The molecular formula is C23H23N3S2. The van der Waals surface area contributed by atoms with E-state index in [9.17, 15) is 0 Å². The Kier molecular flexibility index (Phi) is 5.46. The Morgan fingerprint density at radius 1 is 1.11 bits per heavy atom. The summed E-state index contributed by atoms with van der Waals surface area (Å²) in [7, 11) is 0. The lowest BCUT2D eigenvalue weighted by molar-refractivity contribution is 0.778. The van der Waals surface area contributed by atoms with Crippen LogP contribution in [0.2, 0.25) is 0 Å². The first-order chi connectivity index (χ1) is 13.6. The van der Waals surface area contributed by atoms with Crippen LogP contribution in [0.4, 0.5) is 5.69 Å². The SMILES string of the molecule is Cc1ccc(C)c(NC(=S)NCC(c2cccs2)c2c[nH]c3ccccc23)c1. The number of benzene rings is 2. The number of hydrogen-bond acceptors (Lipinski definition) is 2. The summed E-state index contributed by atoms with van der Waals surface area (Å²) >= 11 is 7.37. The molecule has 2 heterocycles. The van der Waals surface area contributed by atoms with E-state index < -0.39 is 0 Å². The highest BCUT2D eigenvalue weighted by Gasteiger charge is 2.19. The molecule has 0 amide bonds. The molecule has 0 aliphatic rings. The van der Waals surface area contributed by atoms with Gasteiger partial charge in [0, 0.05) is 40.1 Å². The first kappa shape index (κ1) is 18.7. The third-order valence-electron chi connectivity index (χ3n) is 4.99. The number of thiophene rings is 1. The first-order valence-corrected chi connectivity index (χ1v) is 10.6. The van der Waals surface area contributed by atoms with Crippen LogP contribution in [0.1, 0.15) is 27.5 Å². The number of fused-ring (bicyclic) bond motifs is 1. The van der Waals surface area contributed by atoms with Crippen LogP contribution in [0.3, 0.4) is 0 Å². The van der Waals surface area contributed by atoms with Gasteiger partial charge in [-0.05, 0) is 66.3 Å². The average molecular weight is 406 g/mol. The van der Waals surface area contributed by atoms with Crippen LogP contribution in [-0.2, 0) is 0 Å². The van der Waals surface area contributed by atoms with E-state index in [1.54, 1.807) is 11.3 Å². The maximum Gasteiger partial charge on any atom is 0.170 e. The fourth-order valence-electron chi connectivity index (χ4n) is 3.47. The molecule has 2 aromatic carbocycles. The second-order valence-corrected chi connectivity index (χ2v) is 8.40. The number of para-hydroxylation sites is 1. The third kappa shape index (κ3) is 3.96. The van der Waals surface area contributed by atoms with Gasteiger partial charge in [0.2, 0.25) is 0 Å². The quantitative estimate of drug-likeness (QED) is 0.359. The summed E-state index contributed by atoms with van der Waals surface area (Å²) in [6.07, 6.45) is 2.12. The molecular weight excluding hydrogens is 382 g/mol. The number of aryl methyl sites for hydroxylation is 2. The minimum Gasteiger partial charge on any atom is -0.361 e. The van der Waals surface area contributed by atoms with Crippen molar-refractivity contribution in [1.82, 2.24) is 10.3 Å². The summed E-state index contributed by atoms with van der Waals surface area (Å²) in [5, 5.41) is 10.8. The zero-order chi connectivity index (χ0) is 19.5.